The second-order valence-electron chi connectivity index (χ2n) is 4.27. The molecule has 0 aliphatic carbocycles. The molecule has 98 valence electrons. The SMILES string of the molecule is O=Cc1ccc(OCCCc2cccc(Cl)c2)cc1. The van der Waals surface area contributed by atoms with Gasteiger partial charge in [-0.3, -0.25) is 4.79 Å². The Morgan fingerprint density at radius 1 is 1.11 bits per heavy atom. The number of ether oxygens (including phenoxy) is 1. The molecule has 0 aliphatic heterocycles. The first-order chi connectivity index (χ1) is 9.28. The van der Waals surface area contributed by atoms with E-state index in [-0.39, 0.29) is 0 Å². The van der Waals surface area contributed by atoms with Gasteiger partial charge in [-0.15, -0.1) is 0 Å². The van der Waals surface area contributed by atoms with E-state index in [0.717, 1.165) is 29.9 Å². The van der Waals surface area contributed by atoms with Crippen LogP contribution in [0, 0.1) is 0 Å². The molecule has 0 spiro atoms. The summed E-state index contributed by atoms with van der Waals surface area (Å²) in [5, 5.41) is 0.767. The van der Waals surface area contributed by atoms with E-state index in [2.05, 4.69) is 6.07 Å². The summed E-state index contributed by atoms with van der Waals surface area (Å²) in [6.45, 7) is 0.646. The number of carbonyl (C=O) groups excluding carboxylic acids is 1. The highest BCUT2D eigenvalue weighted by Crippen LogP contribution is 2.14. The van der Waals surface area contributed by atoms with Crippen molar-refractivity contribution in [3.8, 4) is 5.75 Å². The third-order valence-corrected chi connectivity index (χ3v) is 3.02. The predicted octanol–water partition coefficient (Wildman–Crippen LogP) is 4.16. The maximum atomic E-state index is 10.5. The molecule has 0 aromatic heterocycles. The summed E-state index contributed by atoms with van der Waals surface area (Å²) in [6.07, 6.45) is 2.69. The molecule has 0 N–H and O–H groups in total. The summed E-state index contributed by atoms with van der Waals surface area (Å²) in [5.41, 5.74) is 1.87. The monoisotopic (exact) mass is 274 g/mol. The molecule has 0 bridgehead atoms. The van der Waals surface area contributed by atoms with Crippen LogP contribution < -0.4 is 4.74 Å². The molecule has 2 aromatic rings. The van der Waals surface area contributed by atoms with Crippen LogP contribution in [0.1, 0.15) is 22.3 Å². The first-order valence-electron chi connectivity index (χ1n) is 6.20. The number of aryl methyl sites for hydroxylation is 1. The van der Waals surface area contributed by atoms with Crippen LogP contribution >= 0.6 is 11.6 Å². The van der Waals surface area contributed by atoms with Crippen molar-refractivity contribution in [1.82, 2.24) is 0 Å². The summed E-state index contributed by atoms with van der Waals surface area (Å²) in [4.78, 5) is 10.5. The average Bonchev–Trinajstić information content (AvgIpc) is 2.44. The molecule has 0 atom stereocenters. The van der Waals surface area contributed by atoms with Crippen LogP contribution in [0.25, 0.3) is 0 Å². The van der Waals surface area contributed by atoms with Crippen molar-refractivity contribution in [2.24, 2.45) is 0 Å². The normalized spacial score (nSPS) is 10.2. The first-order valence-corrected chi connectivity index (χ1v) is 6.58. The van der Waals surface area contributed by atoms with E-state index in [9.17, 15) is 4.79 Å². The zero-order chi connectivity index (χ0) is 13.5. The lowest BCUT2D eigenvalue weighted by Crippen LogP contribution is -1.99. The van der Waals surface area contributed by atoms with Gasteiger partial charge in [0.15, 0.2) is 0 Å². The van der Waals surface area contributed by atoms with Crippen molar-refractivity contribution in [2.75, 3.05) is 6.61 Å². The van der Waals surface area contributed by atoms with Crippen LogP contribution in [0.4, 0.5) is 0 Å². The lowest BCUT2D eigenvalue weighted by atomic mass is 10.1. The number of hydrogen-bond acceptors (Lipinski definition) is 2. The highest BCUT2D eigenvalue weighted by Gasteiger charge is 1.97. The number of benzene rings is 2. The van der Waals surface area contributed by atoms with E-state index < -0.39 is 0 Å². The van der Waals surface area contributed by atoms with Crippen LogP contribution in [0.3, 0.4) is 0 Å². The molecule has 0 fully saturated rings. The zero-order valence-electron chi connectivity index (χ0n) is 10.5. The summed E-state index contributed by atoms with van der Waals surface area (Å²) in [6, 6.07) is 15.0. The quantitative estimate of drug-likeness (QED) is 0.584. The molecule has 0 aliphatic rings. The van der Waals surface area contributed by atoms with Crippen molar-refractivity contribution in [3.05, 3.63) is 64.7 Å². The van der Waals surface area contributed by atoms with Crippen LogP contribution in [0.5, 0.6) is 5.75 Å². The molecule has 0 radical (unpaired) electrons. The number of aldehydes is 1. The Labute approximate surface area is 118 Å². The van der Waals surface area contributed by atoms with Gasteiger partial charge in [0, 0.05) is 10.6 Å². The summed E-state index contributed by atoms with van der Waals surface area (Å²) in [5.74, 6) is 0.789. The third kappa shape index (κ3) is 4.42. The molecule has 2 nitrogen and oxygen atoms in total. The minimum absolute atomic E-state index is 0.646. The third-order valence-electron chi connectivity index (χ3n) is 2.78. The Morgan fingerprint density at radius 3 is 2.58 bits per heavy atom. The van der Waals surface area contributed by atoms with Gasteiger partial charge in [0.1, 0.15) is 12.0 Å². The summed E-state index contributed by atoms with van der Waals surface area (Å²) < 4.78 is 5.61. The van der Waals surface area contributed by atoms with Gasteiger partial charge in [-0.05, 0) is 54.8 Å². The topological polar surface area (TPSA) is 26.3 Å². The van der Waals surface area contributed by atoms with Gasteiger partial charge in [-0.1, -0.05) is 23.7 Å². The average molecular weight is 275 g/mol. The van der Waals surface area contributed by atoms with Crippen molar-refractivity contribution < 1.29 is 9.53 Å². The van der Waals surface area contributed by atoms with E-state index in [4.69, 9.17) is 16.3 Å². The fraction of sp³-hybridized carbons (Fsp3) is 0.188. The minimum atomic E-state index is 0.646. The van der Waals surface area contributed by atoms with Crippen LogP contribution in [0.15, 0.2) is 48.5 Å². The Morgan fingerprint density at radius 2 is 1.89 bits per heavy atom. The van der Waals surface area contributed by atoms with Gasteiger partial charge < -0.3 is 4.74 Å². The van der Waals surface area contributed by atoms with Gasteiger partial charge in [0.2, 0.25) is 0 Å². The fourth-order valence-electron chi connectivity index (χ4n) is 1.80. The number of carbonyl (C=O) groups is 1. The molecule has 2 rings (SSSR count). The van der Waals surface area contributed by atoms with Crippen molar-refractivity contribution in [2.45, 2.75) is 12.8 Å². The van der Waals surface area contributed by atoms with E-state index in [0.29, 0.717) is 12.2 Å². The molecule has 0 heterocycles. The number of rotatable bonds is 6. The minimum Gasteiger partial charge on any atom is -0.494 e. The van der Waals surface area contributed by atoms with E-state index in [1.165, 1.54) is 5.56 Å². The maximum Gasteiger partial charge on any atom is 0.150 e. The second kappa shape index (κ2) is 6.95. The summed E-state index contributed by atoms with van der Waals surface area (Å²) >= 11 is 5.92. The van der Waals surface area contributed by atoms with Crippen molar-refractivity contribution in [3.63, 3.8) is 0 Å². The molecule has 2 aromatic carbocycles. The van der Waals surface area contributed by atoms with Gasteiger partial charge in [0.25, 0.3) is 0 Å². The van der Waals surface area contributed by atoms with Gasteiger partial charge in [0.05, 0.1) is 6.61 Å². The maximum absolute atomic E-state index is 10.5. The zero-order valence-corrected chi connectivity index (χ0v) is 11.3. The standard InChI is InChI=1S/C16H15ClO2/c17-15-5-1-3-13(11-15)4-2-10-19-16-8-6-14(12-18)7-9-16/h1,3,5-9,11-12H,2,4,10H2. The molecule has 0 saturated heterocycles. The molecular weight excluding hydrogens is 260 g/mol. The molecule has 3 heteroatoms. The highest BCUT2D eigenvalue weighted by molar-refractivity contribution is 6.30. The first kappa shape index (κ1) is 13.6. The van der Waals surface area contributed by atoms with Crippen molar-refractivity contribution >= 4 is 17.9 Å². The van der Waals surface area contributed by atoms with Gasteiger partial charge in [-0.25, -0.2) is 0 Å². The Hall–Kier alpha value is -1.80. The molecular formula is C16H15ClO2. The Bertz CT molecular complexity index is 535. The van der Waals surface area contributed by atoms with E-state index in [1.54, 1.807) is 12.1 Å². The van der Waals surface area contributed by atoms with Gasteiger partial charge in [-0.2, -0.15) is 0 Å². The second-order valence-corrected chi connectivity index (χ2v) is 4.71. The van der Waals surface area contributed by atoms with Crippen LogP contribution in [-0.2, 0) is 6.42 Å². The molecule has 0 saturated carbocycles. The largest absolute Gasteiger partial charge is 0.494 e. The highest BCUT2D eigenvalue weighted by atomic mass is 35.5. The van der Waals surface area contributed by atoms with E-state index >= 15 is 0 Å². The van der Waals surface area contributed by atoms with Crippen LogP contribution in [-0.4, -0.2) is 12.9 Å². The van der Waals surface area contributed by atoms with Gasteiger partial charge >= 0.3 is 0 Å². The number of halogens is 1. The smallest absolute Gasteiger partial charge is 0.150 e. The lowest BCUT2D eigenvalue weighted by Gasteiger charge is -2.06. The van der Waals surface area contributed by atoms with E-state index in [1.807, 2.05) is 30.3 Å². The molecule has 0 unspecified atom stereocenters. The lowest BCUT2D eigenvalue weighted by molar-refractivity contribution is 0.112. The fourth-order valence-corrected chi connectivity index (χ4v) is 2.01. The number of hydrogen-bond donors (Lipinski definition) is 0. The van der Waals surface area contributed by atoms with Crippen LogP contribution in [0.2, 0.25) is 5.02 Å². The molecule has 0 amide bonds. The molecule has 19 heavy (non-hydrogen) atoms. The predicted molar refractivity (Wildman–Crippen MR) is 77.1 cm³/mol. The Balaban J connectivity index is 1.75. The Kier molecular flexibility index (Phi) is 4.99. The summed E-state index contributed by atoms with van der Waals surface area (Å²) in [7, 11) is 0. The van der Waals surface area contributed by atoms with Crippen molar-refractivity contribution in [1.29, 1.82) is 0 Å².